The van der Waals surface area contributed by atoms with Crippen LogP contribution < -0.4 is 0 Å². The third kappa shape index (κ3) is 3.76. The van der Waals surface area contributed by atoms with Gasteiger partial charge in [0.25, 0.3) is 0 Å². The van der Waals surface area contributed by atoms with E-state index in [1.54, 1.807) is 30.3 Å². The van der Waals surface area contributed by atoms with Crippen LogP contribution in [0.4, 0.5) is 0 Å². The van der Waals surface area contributed by atoms with Crippen molar-refractivity contribution in [2.24, 2.45) is 0 Å². The molecular weight excluding hydrogens is 259 g/mol. The number of carboxylic acid groups (broad SMARTS) is 1. The molecule has 0 aliphatic rings. The number of carboxylic acids is 1. The van der Waals surface area contributed by atoms with Crippen molar-refractivity contribution in [1.82, 2.24) is 0 Å². The number of halogens is 2. The van der Waals surface area contributed by atoms with Gasteiger partial charge < -0.3 is 5.11 Å². The van der Waals surface area contributed by atoms with Crippen molar-refractivity contribution in [1.29, 1.82) is 0 Å². The summed E-state index contributed by atoms with van der Waals surface area (Å²) in [5.74, 6) is -1.32. The third-order valence-electron chi connectivity index (χ3n) is 2.53. The lowest BCUT2D eigenvalue weighted by atomic mass is 9.96. The Balaban J connectivity index is 3.15. The maximum Gasteiger partial charge on any atom is 0.314 e. The van der Waals surface area contributed by atoms with Gasteiger partial charge in [-0.25, -0.2) is 0 Å². The Hall–Kier alpha value is -0.990. The molecule has 1 aromatic carbocycles. The lowest BCUT2D eigenvalue weighted by Gasteiger charge is -2.12. The standard InChI is InChI=1S/C13H14Cl2O2/c1-2-9(8-14)7-11(13(16)17)10-5-3-4-6-12(10)15/h3-7,11H,2,8H2,1H3,(H,16,17)/t11-/m1/s1. The highest BCUT2D eigenvalue weighted by atomic mass is 35.5. The highest BCUT2D eigenvalue weighted by Crippen LogP contribution is 2.27. The Labute approximate surface area is 111 Å². The summed E-state index contributed by atoms with van der Waals surface area (Å²) in [6.07, 6.45) is 2.41. The molecule has 0 aliphatic heterocycles. The van der Waals surface area contributed by atoms with E-state index < -0.39 is 11.9 Å². The van der Waals surface area contributed by atoms with Crippen LogP contribution in [0.2, 0.25) is 5.02 Å². The molecule has 17 heavy (non-hydrogen) atoms. The Morgan fingerprint density at radius 1 is 1.47 bits per heavy atom. The van der Waals surface area contributed by atoms with Gasteiger partial charge in [0.05, 0.1) is 0 Å². The Morgan fingerprint density at radius 3 is 2.59 bits per heavy atom. The predicted molar refractivity (Wildman–Crippen MR) is 70.9 cm³/mol. The molecule has 1 rings (SSSR count). The minimum absolute atomic E-state index is 0.338. The highest BCUT2D eigenvalue weighted by molar-refractivity contribution is 6.31. The van der Waals surface area contributed by atoms with Gasteiger partial charge in [-0.15, -0.1) is 11.6 Å². The van der Waals surface area contributed by atoms with Gasteiger partial charge in [-0.3, -0.25) is 4.79 Å². The van der Waals surface area contributed by atoms with Crippen molar-refractivity contribution in [3.8, 4) is 0 Å². The molecule has 0 amide bonds. The zero-order valence-electron chi connectivity index (χ0n) is 9.49. The molecule has 1 aromatic rings. The minimum Gasteiger partial charge on any atom is -0.481 e. The van der Waals surface area contributed by atoms with Gasteiger partial charge in [0.15, 0.2) is 0 Å². The molecule has 1 N–H and O–H groups in total. The molecule has 0 bridgehead atoms. The SMILES string of the molecule is CCC(=C[C@@H](C(=O)O)c1ccccc1Cl)CCl. The molecule has 0 aromatic heterocycles. The topological polar surface area (TPSA) is 37.3 Å². The monoisotopic (exact) mass is 272 g/mol. The molecule has 1 atom stereocenters. The molecule has 92 valence electrons. The molecule has 2 nitrogen and oxygen atoms in total. The molecule has 0 unspecified atom stereocenters. The van der Waals surface area contributed by atoms with E-state index in [4.69, 9.17) is 23.2 Å². The summed E-state index contributed by atoms with van der Waals surface area (Å²) < 4.78 is 0. The van der Waals surface area contributed by atoms with E-state index in [1.165, 1.54) is 0 Å². The van der Waals surface area contributed by atoms with Gasteiger partial charge in [-0.1, -0.05) is 48.4 Å². The number of rotatable bonds is 5. The first-order valence-corrected chi connectivity index (χ1v) is 6.24. The third-order valence-corrected chi connectivity index (χ3v) is 3.22. The largest absolute Gasteiger partial charge is 0.481 e. The first-order valence-electron chi connectivity index (χ1n) is 5.32. The van der Waals surface area contributed by atoms with Crippen molar-refractivity contribution in [3.05, 3.63) is 46.5 Å². The van der Waals surface area contributed by atoms with Crippen molar-refractivity contribution < 1.29 is 9.90 Å². The van der Waals surface area contributed by atoms with E-state index in [-0.39, 0.29) is 0 Å². The van der Waals surface area contributed by atoms with Gasteiger partial charge in [0.1, 0.15) is 5.92 Å². The predicted octanol–water partition coefficient (Wildman–Crippen LogP) is 4.08. The second-order valence-electron chi connectivity index (χ2n) is 3.65. The molecule has 0 radical (unpaired) electrons. The summed E-state index contributed by atoms with van der Waals surface area (Å²) in [5, 5.41) is 9.70. The maximum absolute atomic E-state index is 11.3. The van der Waals surface area contributed by atoms with Crippen molar-refractivity contribution in [2.75, 3.05) is 5.88 Å². The smallest absolute Gasteiger partial charge is 0.314 e. The van der Waals surface area contributed by atoms with E-state index in [1.807, 2.05) is 6.92 Å². The Kier molecular flexibility index (Phi) is 5.52. The molecule has 0 heterocycles. The van der Waals surface area contributed by atoms with Crippen LogP contribution in [0, 0.1) is 0 Å². The molecule has 0 saturated carbocycles. The fourth-order valence-electron chi connectivity index (χ4n) is 1.51. The lowest BCUT2D eigenvalue weighted by molar-refractivity contribution is -0.137. The maximum atomic E-state index is 11.3. The van der Waals surface area contributed by atoms with Crippen molar-refractivity contribution >= 4 is 29.2 Å². The second-order valence-corrected chi connectivity index (χ2v) is 4.32. The van der Waals surface area contributed by atoms with E-state index in [2.05, 4.69) is 0 Å². The molecule has 0 saturated heterocycles. The van der Waals surface area contributed by atoms with E-state index in [0.29, 0.717) is 16.5 Å². The summed E-state index contributed by atoms with van der Waals surface area (Å²) in [6.45, 7) is 1.94. The molecule has 0 spiro atoms. The second kappa shape index (κ2) is 6.67. The van der Waals surface area contributed by atoms with Gasteiger partial charge in [0, 0.05) is 10.9 Å². The number of alkyl halides is 1. The summed E-state index contributed by atoms with van der Waals surface area (Å²) >= 11 is 11.8. The van der Waals surface area contributed by atoms with Crippen LogP contribution >= 0.6 is 23.2 Å². The van der Waals surface area contributed by atoms with E-state index >= 15 is 0 Å². The summed E-state index contributed by atoms with van der Waals surface area (Å²) in [7, 11) is 0. The van der Waals surface area contributed by atoms with Gasteiger partial charge in [0.2, 0.25) is 0 Å². The number of hydrogen-bond donors (Lipinski definition) is 1. The summed E-state index contributed by atoms with van der Waals surface area (Å²) in [5.41, 5.74) is 1.50. The Morgan fingerprint density at radius 2 is 2.12 bits per heavy atom. The first-order chi connectivity index (χ1) is 8.10. The van der Waals surface area contributed by atoms with Crippen LogP contribution in [0.1, 0.15) is 24.8 Å². The number of benzene rings is 1. The average Bonchev–Trinajstić information content (AvgIpc) is 2.32. The van der Waals surface area contributed by atoms with Crippen LogP contribution in [0.15, 0.2) is 35.9 Å². The van der Waals surface area contributed by atoms with Crippen LogP contribution in [0.3, 0.4) is 0 Å². The number of hydrogen-bond acceptors (Lipinski definition) is 1. The lowest BCUT2D eigenvalue weighted by Crippen LogP contribution is -2.10. The fraction of sp³-hybridized carbons (Fsp3) is 0.308. The van der Waals surface area contributed by atoms with Gasteiger partial charge in [-0.2, -0.15) is 0 Å². The van der Waals surface area contributed by atoms with Gasteiger partial charge in [-0.05, 0) is 18.1 Å². The van der Waals surface area contributed by atoms with Crippen LogP contribution in [0.25, 0.3) is 0 Å². The van der Waals surface area contributed by atoms with Crippen molar-refractivity contribution in [2.45, 2.75) is 19.3 Å². The Bertz CT molecular complexity index is 421. The first kappa shape index (κ1) is 14.1. The van der Waals surface area contributed by atoms with Crippen LogP contribution in [-0.4, -0.2) is 17.0 Å². The summed E-state index contributed by atoms with van der Waals surface area (Å²) in [4.78, 5) is 11.3. The highest BCUT2D eigenvalue weighted by Gasteiger charge is 2.20. The van der Waals surface area contributed by atoms with Crippen molar-refractivity contribution in [3.63, 3.8) is 0 Å². The zero-order valence-corrected chi connectivity index (χ0v) is 11.0. The molecule has 4 heteroatoms. The van der Waals surface area contributed by atoms with Crippen LogP contribution in [-0.2, 0) is 4.79 Å². The molecule has 0 aliphatic carbocycles. The molecular formula is C13H14Cl2O2. The fourth-order valence-corrected chi connectivity index (χ4v) is 2.05. The summed E-state index contributed by atoms with van der Waals surface area (Å²) in [6, 6.07) is 6.96. The zero-order chi connectivity index (χ0) is 12.8. The quantitative estimate of drug-likeness (QED) is 0.648. The number of allylic oxidation sites excluding steroid dienone is 1. The average molecular weight is 273 g/mol. The number of aliphatic carboxylic acids is 1. The minimum atomic E-state index is -0.922. The van der Waals surface area contributed by atoms with Crippen LogP contribution in [0.5, 0.6) is 0 Å². The van der Waals surface area contributed by atoms with E-state index in [0.717, 1.165) is 12.0 Å². The molecule has 0 fully saturated rings. The van der Waals surface area contributed by atoms with E-state index in [9.17, 15) is 9.90 Å². The normalized spacial score (nSPS) is 13.5. The number of carbonyl (C=O) groups is 1. The van der Waals surface area contributed by atoms with Gasteiger partial charge >= 0.3 is 5.97 Å².